The third-order valence-electron chi connectivity index (χ3n) is 3.94. The zero-order chi connectivity index (χ0) is 13.0. The molecule has 20 heavy (non-hydrogen) atoms. The van der Waals surface area contributed by atoms with Crippen LogP contribution in [0.25, 0.3) is 16.6 Å². The molecule has 0 saturated heterocycles. The molecule has 0 fully saturated rings. The monoisotopic (exact) mass is 284 g/mol. The minimum atomic E-state index is -0.0621. The summed E-state index contributed by atoms with van der Waals surface area (Å²) < 4.78 is 2.38. The van der Waals surface area contributed by atoms with Gasteiger partial charge in [0.1, 0.15) is 0 Å². The molecular weight excluding hydrogens is 268 g/mol. The maximum absolute atomic E-state index is 3.63. The van der Waals surface area contributed by atoms with E-state index in [9.17, 15) is 0 Å². The third kappa shape index (κ3) is 1.65. The molecule has 3 aromatic rings. The second kappa shape index (κ2) is 4.29. The molecule has 1 aromatic heterocycles. The minimum Gasteiger partial charge on any atom is -0.373 e. The number of hydrogen-bond acceptors (Lipinski definition) is 1. The van der Waals surface area contributed by atoms with Gasteiger partial charge in [0.2, 0.25) is 0 Å². The van der Waals surface area contributed by atoms with Gasteiger partial charge < -0.3 is 9.88 Å². The maximum Gasteiger partial charge on any atom is 0.0724 e. The first-order chi connectivity index (χ1) is 9.17. The molecule has 0 amide bonds. The molecule has 2 heterocycles. The van der Waals surface area contributed by atoms with Crippen molar-refractivity contribution in [3.63, 3.8) is 0 Å². The van der Waals surface area contributed by atoms with Gasteiger partial charge >= 0.3 is 0 Å². The molecule has 0 radical (unpaired) electrons. The third-order valence-corrected chi connectivity index (χ3v) is 3.94. The first-order valence-corrected chi connectivity index (χ1v) is 6.65. The van der Waals surface area contributed by atoms with Gasteiger partial charge in [0.15, 0.2) is 0 Å². The highest BCUT2D eigenvalue weighted by atomic mass is 35.5. The Hall–Kier alpha value is -1.93. The predicted octanol–water partition coefficient (Wildman–Crippen LogP) is 4.71. The summed E-state index contributed by atoms with van der Waals surface area (Å²) in [4.78, 5) is 0. The number of aromatic nitrogens is 1. The Morgan fingerprint density at radius 2 is 1.65 bits per heavy atom. The lowest BCUT2D eigenvalue weighted by atomic mass is 9.97. The zero-order valence-corrected chi connectivity index (χ0v) is 12.4. The quantitative estimate of drug-likeness (QED) is 0.632. The van der Waals surface area contributed by atoms with E-state index in [1.807, 2.05) is 0 Å². The Morgan fingerprint density at radius 3 is 2.50 bits per heavy atom. The first kappa shape index (κ1) is 13.1. The fourth-order valence-electron chi connectivity index (χ4n) is 3.05. The van der Waals surface area contributed by atoms with Crippen molar-refractivity contribution in [2.24, 2.45) is 0 Å². The number of para-hydroxylation sites is 3. The highest BCUT2D eigenvalue weighted by Gasteiger charge is 2.31. The number of hydrogen-bond donors (Lipinski definition) is 1. The summed E-state index contributed by atoms with van der Waals surface area (Å²) in [7, 11) is 0. The fourth-order valence-corrected chi connectivity index (χ4v) is 3.05. The molecule has 1 aliphatic rings. The first-order valence-electron chi connectivity index (χ1n) is 6.65. The molecule has 0 spiro atoms. The van der Waals surface area contributed by atoms with Crippen molar-refractivity contribution in [2.45, 2.75) is 19.4 Å². The van der Waals surface area contributed by atoms with Crippen LogP contribution < -0.4 is 5.32 Å². The predicted molar refractivity (Wildman–Crippen MR) is 87.2 cm³/mol. The van der Waals surface area contributed by atoms with Crippen LogP contribution in [-0.2, 0) is 5.54 Å². The van der Waals surface area contributed by atoms with Crippen LogP contribution in [0.5, 0.6) is 0 Å². The standard InChI is InChI=1S/C17H16N2.ClH/c1-17(2)16-11-12-7-3-5-9-14(12)19(16)15-10-6-4-8-13(15)18-17;/h3-11,18H,1-2H3;1H. The van der Waals surface area contributed by atoms with Crippen molar-refractivity contribution in [1.82, 2.24) is 4.57 Å². The molecular formula is C17H17ClN2. The van der Waals surface area contributed by atoms with E-state index in [0.29, 0.717) is 0 Å². The molecule has 2 nitrogen and oxygen atoms in total. The molecule has 0 aliphatic carbocycles. The molecule has 0 saturated carbocycles. The highest BCUT2D eigenvalue weighted by molar-refractivity contribution is 5.86. The second-order valence-corrected chi connectivity index (χ2v) is 5.69. The smallest absolute Gasteiger partial charge is 0.0724 e. The average molecular weight is 285 g/mol. The largest absolute Gasteiger partial charge is 0.373 e. The number of anilines is 1. The average Bonchev–Trinajstić information content (AvgIpc) is 2.79. The van der Waals surface area contributed by atoms with Gasteiger partial charge in [0.25, 0.3) is 0 Å². The van der Waals surface area contributed by atoms with Crippen molar-refractivity contribution in [3.8, 4) is 5.69 Å². The van der Waals surface area contributed by atoms with Crippen molar-refractivity contribution in [3.05, 3.63) is 60.3 Å². The van der Waals surface area contributed by atoms with Gasteiger partial charge in [-0.05, 0) is 38.1 Å². The van der Waals surface area contributed by atoms with Crippen LogP contribution >= 0.6 is 12.4 Å². The van der Waals surface area contributed by atoms with Gasteiger partial charge in [-0.2, -0.15) is 0 Å². The summed E-state index contributed by atoms with van der Waals surface area (Å²) in [6.07, 6.45) is 0. The van der Waals surface area contributed by atoms with Gasteiger partial charge in [0.05, 0.1) is 22.4 Å². The van der Waals surface area contributed by atoms with E-state index in [-0.39, 0.29) is 17.9 Å². The van der Waals surface area contributed by atoms with Gasteiger partial charge in [0, 0.05) is 11.1 Å². The SMILES string of the molecule is CC1(C)Nc2ccccc2-n2c1cc1ccccc12.Cl. The molecule has 2 aromatic carbocycles. The number of nitrogens with one attached hydrogen (secondary N) is 1. The lowest BCUT2D eigenvalue weighted by Crippen LogP contribution is -2.34. The molecule has 0 unspecified atom stereocenters. The van der Waals surface area contributed by atoms with Crippen LogP contribution in [0, 0.1) is 0 Å². The maximum atomic E-state index is 3.63. The van der Waals surface area contributed by atoms with Gasteiger partial charge in [-0.3, -0.25) is 0 Å². The van der Waals surface area contributed by atoms with E-state index in [0.717, 1.165) is 0 Å². The van der Waals surface area contributed by atoms with Crippen LogP contribution in [0.2, 0.25) is 0 Å². The number of benzene rings is 2. The summed E-state index contributed by atoms with van der Waals surface area (Å²) >= 11 is 0. The number of rotatable bonds is 0. The number of fused-ring (bicyclic) bond motifs is 5. The highest BCUT2D eigenvalue weighted by Crippen LogP contribution is 2.40. The Labute approximate surface area is 124 Å². The van der Waals surface area contributed by atoms with E-state index >= 15 is 0 Å². The topological polar surface area (TPSA) is 17.0 Å². The van der Waals surface area contributed by atoms with Crippen molar-refractivity contribution >= 4 is 29.0 Å². The molecule has 4 rings (SSSR count). The van der Waals surface area contributed by atoms with E-state index in [1.165, 1.54) is 28.0 Å². The van der Waals surface area contributed by atoms with E-state index in [4.69, 9.17) is 0 Å². The fraction of sp³-hybridized carbons (Fsp3) is 0.176. The van der Waals surface area contributed by atoms with Crippen molar-refractivity contribution in [1.29, 1.82) is 0 Å². The van der Waals surface area contributed by atoms with Gasteiger partial charge in [-0.1, -0.05) is 30.3 Å². The van der Waals surface area contributed by atoms with Crippen LogP contribution in [-0.4, -0.2) is 4.57 Å². The Balaban J connectivity index is 0.00000121. The minimum absolute atomic E-state index is 0. The summed E-state index contributed by atoms with van der Waals surface area (Å²) in [5.41, 5.74) is 4.96. The molecule has 0 atom stereocenters. The Morgan fingerprint density at radius 1 is 0.950 bits per heavy atom. The van der Waals surface area contributed by atoms with Gasteiger partial charge in [-0.15, -0.1) is 12.4 Å². The van der Waals surface area contributed by atoms with Crippen LogP contribution in [0.4, 0.5) is 5.69 Å². The lowest BCUT2D eigenvalue weighted by Gasteiger charge is -2.35. The summed E-state index contributed by atoms with van der Waals surface area (Å²) in [6, 6.07) is 19.4. The zero-order valence-electron chi connectivity index (χ0n) is 11.6. The van der Waals surface area contributed by atoms with E-state index in [1.54, 1.807) is 0 Å². The Bertz CT molecular complexity index is 787. The molecule has 0 bridgehead atoms. The Kier molecular flexibility index (Phi) is 2.80. The van der Waals surface area contributed by atoms with Crippen LogP contribution in [0.1, 0.15) is 19.5 Å². The molecule has 102 valence electrons. The summed E-state index contributed by atoms with van der Waals surface area (Å²) in [5.74, 6) is 0. The molecule has 1 N–H and O–H groups in total. The normalized spacial score (nSPS) is 14.9. The summed E-state index contributed by atoms with van der Waals surface area (Å²) in [5, 5.41) is 4.93. The lowest BCUT2D eigenvalue weighted by molar-refractivity contribution is 0.564. The second-order valence-electron chi connectivity index (χ2n) is 5.69. The summed E-state index contributed by atoms with van der Waals surface area (Å²) in [6.45, 7) is 4.46. The van der Waals surface area contributed by atoms with Crippen molar-refractivity contribution in [2.75, 3.05) is 5.32 Å². The van der Waals surface area contributed by atoms with E-state index in [2.05, 4.69) is 78.3 Å². The van der Waals surface area contributed by atoms with Crippen LogP contribution in [0.15, 0.2) is 54.6 Å². The van der Waals surface area contributed by atoms with Crippen LogP contribution in [0.3, 0.4) is 0 Å². The molecule has 3 heteroatoms. The van der Waals surface area contributed by atoms with Gasteiger partial charge in [-0.25, -0.2) is 0 Å². The van der Waals surface area contributed by atoms with Crippen molar-refractivity contribution < 1.29 is 0 Å². The van der Waals surface area contributed by atoms with E-state index < -0.39 is 0 Å². The number of halogens is 1. The molecule has 1 aliphatic heterocycles. The number of nitrogens with zero attached hydrogens (tertiary/aromatic N) is 1.